The van der Waals surface area contributed by atoms with Crippen molar-refractivity contribution in [3.05, 3.63) is 41.2 Å². The monoisotopic (exact) mass is 271 g/mol. The normalized spacial score (nSPS) is 16.1. The van der Waals surface area contributed by atoms with E-state index in [1.165, 1.54) is 0 Å². The average molecular weight is 271 g/mol. The Labute approximate surface area is 114 Å². The zero-order valence-corrected chi connectivity index (χ0v) is 10.7. The number of carbonyl (C=O) groups is 1. The fraction of sp³-hybridized carbons (Fsp3) is 0.214. The number of amides is 1. The van der Waals surface area contributed by atoms with Crippen LogP contribution in [0.25, 0.3) is 11.3 Å². The van der Waals surface area contributed by atoms with Crippen molar-refractivity contribution in [1.82, 2.24) is 5.16 Å². The second-order valence-electron chi connectivity index (χ2n) is 4.68. The van der Waals surface area contributed by atoms with Crippen molar-refractivity contribution in [3.63, 3.8) is 0 Å². The van der Waals surface area contributed by atoms with Crippen LogP contribution in [0.2, 0.25) is 0 Å². The van der Waals surface area contributed by atoms with Crippen LogP contribution in [0.3, 0.4) is 0 Å². The van der Waals surface area contributed by atoms with E-state index < -0.39 is 5.91 Å². The standard InChI is InChI=1S/C14H13N3O3/c15-14(18)9-6-4-8(5-7-9)12-10-2-1-3-11(16-19)13(10)20-17-12/h4-7,19H,1-3H2,(H2,15,18)/b16-11-. The zero-order valence-electron chi connectivity index (χ0n) is 10.7. The molecule has 0 unspecified atom stereocenters. The largest absolute Gasteiger partial charge is 0.411 e. The molecule has 0 spiro atoms. The van der Waals surface area contributed by atoms with Gasteiger partial charge in [0.2, 0.25) is 5.91 Å². The summed E-state index contributed by atoms with van der Waals surface area (Å²) < 4.78 is 5.29. The van der Waals surface area contributed by atoms with Crippen molar-refractivity contribution in [2.45, 2.75) is 19.3 Å². The molecule has 0 fully saturated rings. The summed E-state index contributed by atoms with van der Waals surface area (Å²) in [6.45, 7) is 0. The predicted molar refractivity (Wildman–Crippen MR) is 71.7 cm³/mol. The van der Waals surface area contributed by atoms with Gasteiger partial charge in [0.15, 0.2) is 5.76 Å². The van der Waals surface area contributed by atoms with Gasteiger partial charge in [-0.25, -0.2) is 0 Å². The SMILES string of the molecule is NC(=O)c1ccc(-c2noc3c2CCC/C3=N/O)cc1. The molecule has 0 radical (unpaired) electrons. The number of nitrogens with two attached hydrogens (primary N) is 1. The lowest BCUT2D eigenvalue weighted by atomic mass is 9.92. The van der Waals surface area contributed by atoms with Crippen LogP contribution in [0.15, 0.2) is 33.9 Å². The summed E-state index contributed by atoms with van der Waals surface area (Å²) in [4.78, 5) is 11.1. The molecular weight excluding hydrogens is 258 g/mol. The maximum Gasteiger partial charge on any atom is 0.248 e. The van der Waals surface area contributed by atoms with E-state index in [1.807, 2.05) is 0 Å². The molecule has 102 valence electrons. The van der Waals surface area contributed by atoms with Crippen LogP contribution in [0.1, 0.15) is 34.5 Å². The van der Waals surface area contributed by atoms with Gasteiger partial charge in [-0.1, -0.05) is 22.4 Å². The van der Waals surface area contributed by atoms with Gasteiger partial charge in [-0.2, -0.15) is 0 Å². The molecule has 3 N–H and O–H groups in total. The van der Waals surface area contributed by atoms with E-state index in [0.29, 0.717) is 23.5 Å². The van der Waals surface area contributed by atoms with Crippen LogP contribution in [-0.2, 0) is 6.42 Å². The molecule has 1 aliphatic carbocycles. The molecule has 0 saturated carbocycles. The molecule has 0 atom stereocenters. The fourth-order valence-electron chi connectivity index (χ4n) is 2.43. The van der Waals surface area contributed by atoms with Crippen molar-refractivity contribution in [3.8, 4) is 11.3 Å². The lowest BCUT2D eigenvalue weighted by Crippen LogP contribution is -2.11. The highest BCUT2D eigenvalue weighted by atomic mass is 16.5. The second kappa shape index (κ2) is 4.80. The van der Waals surface area contributed by atoms with Gasteiger partial charge in [-0.05, 0) is 31.4 Å². The van der Waals surface area contributed by atoms with E-state index in [2.05, 4.69) is 10.3 Å². The Morgan fingerprint density at radius 3 is 2.70 bits per heavy atom. The van der Waals surface area contributed by atoms with Crippen molar-refractivity contribution < 1.29 is 14.5 Å². The first-order chi connectivity index (χ1) is 9.70. The number of hydrogen-bond acceptors (Lipinski definition) is 5. The quantitative estimate of drug-likeness (QED) is 0.643. The highest BCUT2D eigenvalue weighted by molar-refractivity contribution is 6.01. The van der Waals surface area contributed by atoms with E-state index in [-0.39, 0.29) is 0 Å². The first-order valence-corrected chi connectivity index (χ1v) is 6.31. The van der Waals surface area contributed by atoms with Crippen LogP contribution in [-0.4, -0.2) is 22.0 Å². The van der Waals surface area contributed by atoms with Crippen molar-refractivity contribution >= 4 is 11.6 Å². The number of rotatable bonds is 2. The second-order valence-corrected chi connectivity index (χ2v) is 4.68. The fourth-order valence-corrected chi connectivity index (χ4v) is 2.43. The van der Waals surface area contributed by atoms with Gasteiger partial charge in [-0.3, -0.25) is 4.79 Å². The smallest absolute Gasteiger partial charge is 0.248 e. The molecule has 0 saturated heterocycles. The molecule has 1 aromatic carbocycles. The number of aromatic nitrogens is 1. The summed E-state index contributed by atoms with van der Waals surface area (Å²) >= 11 is 0. The molecule has 0 bridgehead atoms. The summed E-state index contributed by atoms with van der Waals surface area (Å²) in [5.41, 5.74) is 8.69. The number of carbonyl (C=O) groups excluding carboxylic acids is 1. The number of oxime groups is 1. The summed E-state index contributed by atoms with van der Waals surface area (Å²) in [6.07, 6.45) is 2.39. The minimum atomic E-state index is -0.464. The Kier molecular flexibility index (Phi) is 2.98. The van der Waals surface area contributed by atoms with Gasteiger partial charge in [-0.15, -0.1) is 0 Å². The maximum absolute atomic E-state index is 11.1. The highest BCUT2D eigenvalue weighted by Gasteiger charge is 2.25. The Bertz CT molecular complexity index is 686. The molecular formula is C14H13N3O3. The van der Waals surface area contributed by atoms with Crippen LogP contribution >= 0.6 is 0 Å². The van der Waals surface area contributed by atoms with Gasteiger partial charge in [0.25, 0.3) is 0 Å². The number of fused-ring (bicyclic) bond motifs is 1. The third kappa shape index (κ3) is 1.95. The minimum Gasteiger partial charge on any atom is -0.411 e. The van der Waals surface area contributed by atoms with E-state index >= 15 is 0 Å². The minimum absolute atomic E-state index is 0.448. The predicted octanol–water partition coefficient (Wildman–Crippen LogP) is 1.96. The summed E-state index contributed by atoms with van der Waals surface area (Å²) in [6, 6.07) is 6.87. The number of hydrogen-bond donors (Lipinski definition) is 2. The van der Waals surface area contributed by atoms with Gasteiger partial charge in [0.1, 0.15) is 11.4 Å². The van der Waals surface area contributed by atoms with E-state index in [9.17, 15) is 4.79 Å². The summed E-state index contributed by atoms with van der Waals surface area (Å²) in [5.74, 6) is 0.0844. The van der Waals surface area contributed by atoms with Crippen molar-refractivity contribution in [2.24, 2.45) is 10.9 Å². The molecule has 6 nitrogen and oxygen atoms in total. The van der Waals surface area contributed by atoms with Gasteiger partial charge < -0.3 is 15.5 Å². The third-order valence-electron chi connectivity index (χ3n) is 3.45. The Morgan fingerprint density at radius 1 is 1.30 bits per heavy atom. The third-order valence-corrected chi connectivity index (χ3v) is 3.45. The molecule has 1 aromatic heterocycles. The van der Waals surface area contributed by atoms with Crippen LogP contribution < -0.4 is 5.73 Å². The Hall–Kier alpha value is -2.63. The van der Waals surface area contributed by atoms with E-state index in [4.69, 9.17) is 15.5 Å². The topological polar surface area (TPSA) is 102 Å². The molecule has 3 rings (SSSR count). The van der Waals surface area contributed by atoms with E-state index in [1.54, 1.807) is 24.3 Å². The summed E-state index contributed by atoms with van der Waals surface area (Å²) in [5, 5.41) is 16.3. The lowest BCUT2D eigenvalue weighted by Gasteiger charge is -2.10. The molecule has 0 aliphatic heterocycles. The van der Waals surface area contributed by atoms with Gasteiger partial charge in [0.05, 0.1) is 0 Å². The van der Waals surface area contributed by atoms with E-state index in [0.717, 1.165) is 29.7 Å². The first kappa shape index (κ1) is 12.4. The van der Waals surface area contributed by atoms with Crippen LogP contribution in [0.5, 0.6) is 0 Å². The summed E-state index contributed by atoms with van der Waals surface area (Å²) in [7, 11) is 0. The number of benzene rings is 1. The Morgan fingerprint density at radius 2 is 2.05 bits per heavy atom. The molecule has 2 aromatic rings. The van der Waals surface area contributed by atoms with Gasteiger partial charge >= 0.3 is 0 Å². The molecule has 6 heteroatoms. The molecule has 1 aliphatic rings. The lowest BCUT2D eigenvalue weighted by molar-refractivity contribution is 0.100. The van der Waals surface area contributed by atoms with Crippen LogP contribution in [0, 0.1) is 0 Å². The first-order valence-electron chi connectivity index (χ1n) is 6.31. The number of nitrogens with zero attached hydrogens (tertiary/aromatic N) is 2. The van der Waals surface area contributed by atoms with Gasteiger partial charge in [0, 0.05) is 16.7 Å². The number of primary amides is 1. The molecule has 1 amide bonds. The molecule has 1 heterocycles. The zero-order chi connectivity index (χ0) is 14.1. The highest BCUT2D eigenvalue weighted by Crippen LogP contribution is 2.31. The van der Waals surface area contributed by atoms with Crippen molar-refractivity contribution in [1.29, 1.82) is 0 Å². The Balaban J connectivity index is 2.03. The average Bonchev–Trinajstić information content (AvgIpc) is 2.91. The van der Waals surface area contributed by atoms with Crippen LogP contribution in [0.4, 0.5) is 0 Å². The molecule has 20 heavy (non-hydrogen) atoms. The van der Waals surface area contributed by atoms with Crippen molar-refractivity contribution in [2.75, 3.05) is 0 Å². The maximum atomic E-state index is 11.1.